The second kappa shape index (κ2) is 11.2. The molecule has 0 radical (unpaired) electrons. The van der Waals surface area contributed by atoms with Gasteiger partial charge < -0.3 is 16.5 Å². The highest BCUT2D eigenvalue weighted by Crippen LogP contribution is 2.27. The summed E-state index contributed by atoms with van der Waals surface area (Å²) >= 11 is 0. The van der Waals surface area contributed by atoms with Gasteiger partial charge in [-0.25, -0.2) is 4.98 Å². The van der Waals surface area contributed by atoms with Crippen LogP contribution in [0.5, 0.6) is 0 Å². The molecule has 1 aliphatic carbocycles. The number of carbonyl (C=O) groups is 2. The number of aliphatic imine (C=N–C) groups is 1. The summed E-state index contributed by atoms with van der Waals surface area (Å²) in [5.74, 6) is 4.47. The third kappa shape index (κ3) is 6.11. The molecule has 2 aromatic carbocycles. The number of fused-ring (bicyclic) bond motifs is 1. The first-order chi connectivity index (χ1) is 17.8. The Morgan fingerprint density at radius 1 is 1.05 bits per heavy atom. The van der Waals surface area contributed by atoms with Gasteiger partial charge in [0.05, 0.1) is 18.4 Å². The van der Waals surface area contributed by atoms with Crippen molar-refractivity contribution < 1.29 is 22.8 Å². The Bertz CT molecular complexity index is 1370. The number of hydrogen-bond acceptors (Lipinski definition) is 6. The molecule has 1 heterocycles. The third-order valence-corrected chi connectivity index (χ3v) is 6.21. The number of nitrogens with two attached hydrogens (primary N) is 1. The predicted octanol–water partition coefficient (Wildman–Crippen LogP) is 4.46. The molecule has 0 saturated heterocycles. The van der Waals surface area contributed by atoms with Crippen molar-refractivity contribution in [2.45, 2.75) is 32.0 Å². The average Bonchev–Trinajstić information content (AvgIpc) is 2.85. The van der Waals surface area contributed by atoms with E-state index in [0.717, 1.165) is 12.8 Å². The van der Waals surface area contributed by atoms with Gasteiger partial charge in [0.25, 0.3) is 11.8 Å². The molecule has 2 amide bonds. The quantitative estimate of drug-likeness (QED) is 0.235. The normalized spacial score (nSPS) is 14.5. The molecule has 4 N–H and O–H groups in total. The highest BCUT2D eigenvalue weighted by Gasteiger charge is 2.34. The van der Waals surface area contributed by atoms with Crippen LogP contribution in [0.25, 0.3) is 10.8 Å². The summed E-state index contributed by atoms with van der Waals surface area (Å²) in [6.07, 6.45) is 0.700. The number of pyridine rings is 1. The average molecular weight is 511 g/mol. The molecule has 0 bridgehead atoms. The number of anilines is 1. The number of amides is 2. The smallest absolute Gasteiger partial charge is 0.350 e. The number of aromatic nitrogens is 1. The lowest BCUT2D eigenvalue weighted by atomic mass is 9.85. The van der Waals surface area contributed by atoms with Crippen LogP contribution in [-0.2, 0) is 6.54 Å². The maximum Gasteiger partial charge on any atom is 0.436 e. The standard InChI is InChI=1S/C26H25F3N6O2/c27-26(28,29)22(35-30)15-31-14-17-10-11-20(19-8-2-1-7-18(17)19)24(36)34-21-9-4-12-32-23(21)25(37)33-13-16-5-3-6-16/h1-2,4,7-12,15-16H,3,5-6,13-14,30H2,(H,33,37)(H,34,36). The van der Waals surface area contributed by atoms with Gasteiger partial charge in [0, 0.05) is 18.3 Å². The monoisotopic (exact) mass is 510 g/mol. The second-order valence-corrected chi connectivity index (χ2v) is 8.66. The summed E-state index contributed by atoms with van der Waals surface area (Å²) in [5.41, 5.74) is 0.0355. The second-order valence-electron chi connectivity index (χ2n) is 8.66. The molecule has 1 saturated carbocycles. The summed E-state index contributed by atoms with van der Waals surface area (Å²) in [6.45, 7) is 0.490. The van der Waals surface area contributed by atoms with Gasteiger partial charge in [0.2, 0.25) is 0 Å². The first-order valence-electron chi connectivity index (χ1n) is 11.7. The molecule has 1 aromatic heterocycles. The molecule has 3 aromatic rings. The molecule has 0 spiro atoms. The number of halogens is 3. The van der Waals surface area contributed by atoms with Crippen LogP contribution in [0.15, 0.2) is 64.8 Å². The van der Waals surface area contributed by atoms with Crippen molar-refractivity contribution in [1.29, 1.82) is 0 Å². The van der Waals surface area contributed by atoms with E-state index in [-0.39, 0.29) is 23.8 Å². The van der Waals surface area contributed by atoms with Crippen LogP contribution in [0.2, 0.25) is 0 Å². The van der Waals surface area contributed by atoms with E-state index in [1.165, 1.54) is 12.6 Å². The van der Waals surface area contributed by atoms with Gasteiger partial charge in [-0.15, -0.1) is 0 Å². The summed E-state index contributed by atoms with van der Waals surface area (Å²) in [6, 6.07) is 13.4. The molecule has 8 nitrogen and oxygen atoms in total. The minimum atomic E-state index is -4.71. The minimum Gasteiger partial charge on any atom is -0.350 e. The van der Waals surface area contributed by atoms with E-state index in [0.29, 0.717) is 40.6 Å². The van der Waals surface area contributed by atoms with E-state index < -0.39 is 17.8 Å². The molecule has 11 heteroatoms. The van der Waals surface area contributed by atoms with Gasteiger partial charge in [-0.1, -0.05) is 36.8 Å². The molecule has 0 unspecified atom stereocenters. The van der Waals surface area contributed by atoms with Gasteiger partial charge in [0.15, 0.2) is 11.4 Å². The lowest BCUT2D eigenvalue weighted by molar-refractivity contribution is -0.0566. The number of rotatable bonds is 8. The van der Waals surface area contributed by atoms with Crippen LogP contribution < -0.4 is 16.5 Å². The SMILES string of the molecule is NN=C(C=NCc1ccc(C(=O)Nc2cccnc2C(=O)NCC2CCC2)c2ccccc12)C(F)(F)F. The number of hydrogen-bond donors (Lipinski definition) is 3. The Morgan fingerprint density at radius 2 is 1.81 bits per heavy atom. The van der Waals surface area contributed by atoms with E-state index in [1.807, 2.05) is 0 Å². The van der Waals surface area contributed by atoms with E-state index in [2.05, 4.69) is 25.7 Å². The molecule has 0 aliphatic heterocycles. The minimum absolute atomic E-state index is 0.0779. The zero-order chi connectivity index (χ0) is 26.4. The van der Waals surface area contributed by atoms with Crippen LogP contribution in [0.3, 0.4) is 0 Å². The van der Waals surface area contributed by atoms with Gasteiger partial charge in [-0.2, -0.15) is 18.3 Å². The Hall–Kier alpha value is -4.28. The van der Waals surface area contributed by atoms with Crippen molar-refractivity contribution in [1.82, 2.24) is 10.3 Å². The fourth-order valence-electron chi connectivity index (χ4n) is 4.00. The summed E-state index contributed by atoms with van der Waals surface area (Å²) in [7, 11) is 0. The highest BCUT2D eigenvalue weighted by atomic mass is 19.4. The van der Waals surface area contributed by atoms with Crippen molar-refractivity contribution in [3.8, 4) is 0 Å². The maximum absolute atomic E-state index is 13.2. The number of nitrogens with zero attached hydrogens (tertiary/aromatic N) is 3. The number of hydrazone groups is 1. The third-order valence-electron chi connectivity index (χ3n) is 6.21. The van der Waals surface area contributed by atoms with Crippen LogP contribution >= 0.6 is 0 Å². The van der Waals surface area contributed by atoms with Gasteiger partial charge in [0.1, 0.15) is 0 Å². The Labute approximate surface area is 210 Å². The van der Waals surface area contributed by atoms with Crippen molar-refractivity contribution in [2.24, 2.45) is 21.9 Å². The molecule has 37 heavy (non-hydrogen) atoms. The molecule has 4 rings (SSSR count). The number of alkyl halides is 3. The van der Waals surface area contributed by atoms with Gasteiger partial charge >= 0.3 is 6.18 Å². The van der Waals surface area contributed by atoms with Crippen molar-refractivity contribution in [2.75, 3.05) is 11.9 Å². The number of carbonyl (C=O) groups excluding carboxylic acids is 2. The van der Waals surface area contributed by atoms with Crippen LogP contribution in [0, 0.1) is 5.92 Å². The number of nitrogens with one attached hydrogen (secondary N) is 2. The van der Waals surface area contributed by atoms with E-state index in [1.54, 1.807) is 48.5 Å². The van der Waals surface area contributed by atoms with Crippen molar-refractivity contribution in [3.05, 3.63) is 71.5 Å². The predicted molar refractivity (Wildman–Crippen MR) is 136 cm³/mol. The van der Waals surface area contributed by atoms with E-state index in [4.69, 9.17) is 5.84 Å². The molecule has 1 fully saturated rings. The fourth-order valence-corrected chi connectivity index (χ4v) is 4.00. The maximum atomic E-state index is 13.2. The zero-order valence-electron chi connectivity index (χ0n) is 19.8. The fraction of sp³-hybridized carbons (Fsp3) is 0.269. The molecular weight excluding hydrogens is 485 g/mol. The first-order valence-corrected chi connectivity index (χ1v) is 11.7. The molecule has 1 aliphatic rings. The largest absolute Gasteiger partial charge is 0.436 e. The topological polar surface area (TPSA) is 122 Å². The van der Waals surface area contributed by atoms with Crippen molar-refractivity contribution in [3.63, 3.8) is 0 Å². The molecule has 192 valence electrons. The number of benzene rings is 2. The van der Waals surface area contributed by atoms with Crippen LogP contribution in [0.1, 0.15) is 45.7 Å². The Balaban J connectivity index is 1.54. The lowest BCUT2D eigenvalue weighted by Crippen LogP contribution is -2.33. The zero-order valence-corrected chi connectivity index (χ0v) is 19.8. The van der Waals surface area contributed by atoms with Gasteiger partial charge in [-0.3, -0.25) is 14.6 Å². The summed E-state index contributed by atoms with van der Waals surface area (Å²) in [5, 5.41) is 9.61. The lowest BCUT2D eigenvalue weighted by Gasteiger charge is -2.25. The van der Waals surface area contributed by atoms with Crippen LogP contribution in [-0.4, -0.2) is 41.4 Å². The van der Waals surface area contributed by atoms with Gasteiger partial charge in [-0.05, 0) is 53.3 Å². The van der Waals surface area contributed by atoms with Crippen LogP contribution in [0.4, 0.5) is 18.9 Å². The highest BCUT2D eigenvalue weighted by molar-refractivity contribution is 6.33. The molecule has 0 atom stereocenters. The van der Waals surface area contributed by atoms with Crippen molar-refractivity contribution >= 4 is 40.2 Å². The summed E-state index contributed by atoms with van der Waals surface area (Å²) in [4.78, 5) is 33.9. The summed E-state index contributed by atoms with van der Waals surface area (Å²) < 4.78 is 38.5. The van der Waals surface area contributed by atoms with E-state index >= 15 is 0 Å². The Morgan fingerprint density at radius 3 is 2.49 bits per heavy atom. The van der Waals surface area contributed by atoms with E-state index in [9.17, 15) is 22.8 Å². The molecular formula is C26H25F3N6O2. The Kier molecular flexibility index (Phi) is 7.80. The first kappa shape index (κ1) is 25.8.